The summed E-state index contributed by atoms with van der Waals surface area (Å²) in [6, 6.07) is 17.3. The van der Waals surface area contributed by atoms with Gasteiger partial charge in [-0.2, -0.15) is 0 Å². The van der Waals surface area contributed by atoms with Crippen LogP contribution in [0.2, 0.25) is 0 Å². The summed E-state index contributed by atoms with van der Waals surface area (Å²) in [6.45, 7) is 2.01. The highest BCUT2D eigenvalue weighted by molar-refractivity contribution is 7.80. The Morgan fingerprint density at radius 2 is 1.83 bits per heavy atom. The topological polar surface area (TPSA) is 93.5 Å². The fourth-order valence-corrected chi connectivity index (χ4v) is 3.86. The molecule has 0 aliphatic carbocycles. The summed E-state index contributed by atoms with van der Waals surface area (Å²) in [5, 5.41) is 17.6. The van der Waals surface area contributed by atoms with Gasteiger partial charge >= 0.3 is 5.97 Å². The summed E-state index contributed by atoms with van der Waals surface area (Å²) >= 11 is 6.72. The molecule has 0 atom stereocenters. The Hall–Kier alpha value is -3.30. The molecule has 148 valence electrons. The number of nitrogens with zero attached hydrogens (tertiary/aromatic N) is 1. The molecule has 0 spiro atoms. The molecule has 0 unspecified atom stereocenters. The van der Waals surface area contributed by atoms with E-state index < -0.39 is 10.9 Å². The molecular weight excluding hydrogens is 410 g/mol. The number of rotatable bonds is 6. The third kappa shape index (κ3) is 5.15. The number of nitrogens with one attached hydrogen (secondary N) is 2. The molecule has 0 fully saturated rings. The number of thiocarbonyl (C=S) groups is 1. The second-order valence-corrected chi connectivity index (χ2v) is 7.28. The minimum absolute atomic E-state index is 0.00946. The van der Waals surface area contributed by atoms with E-state index in [-0.39, 0.29) is 17.4 Å². The highest BCUT2D eigenvalue weighted by Gasteiger charge is 2.19. The first-order chi connectivity index (χ1) is 14.0. The molecule has 7 nitrogen and oxygen atoms in total. The van der Waals surface area contributed by atoms with Crippen molar-refractivity contribution in [3.8, 4) is 10.4 Å². The molecule has 0 amide bonds. The van der Waals surface area contributed by atoms with Crippen molar-refractivity contribution in [3.63, 3.8) is 0 Å². The standard InChI is InChI=1S/C20H17N3O4S2/c1-2-27-19(24)16-12-17(13-6-4-3-5-7-13)29-18(16)22-20(28)21-14-8-10-15(11-9-14)23(25)26/h3-12H,2H2,1H3,(H2,21,22,28). The zero-order valence-corrected chi connectivity index (χ0v) is 17.0. The van der Waals surface area contributed by atoms with E-state index in [2.05, 4.69) is 10.6 Å². The summed E-state index contributed by atoms with van der Waals surface area (Å²) in [5.41, 5.74) is 1.95. The van der Waals surface area contributed by atoms with Crippen LogP contribution in [0.5, 0.6) is 0 Å². The van der Waals surface area contributed by atoms with E-state index in [1.807, 2.05) is 30.3 Å². The van der Waals surface area contributed by atoms with Crippen LogP contribution in [0.15, 0.2) is 60.7 Å². The predicted octanol–water partition coefficient (Wildman–Crippen LogP) is 5.31. The lowest BCUT2D eigenvalue weighted by atomic mass is 10.1. The van der Waals surface area contributed by atoms with Crippen LogP contribution in [-0.2, 0) is 4.74 Å². The Labute approximate surface area is 176 Å². The summed E-state index contributed by atoms with van der Waals surface area (Å²) in [7, 11) is 0. The molecule has 3 aromatic rings. The summed E-state index contributed by atoms with van der Waals surface area (Å²) in [5.74, 6) is -0.438. The normalized spacial score (nSPS) is 10.2. The van der Waals surface area contributed by atoms with E-state index in [4.69, 9.17) is 17.0 Å². The first-order valence-electron chi connectivity index (χ1n) is 8.66. The lowest BCUT2D eigenvalue weighted by molar-refractivity contribution is -0.384. The summed E-state index contributed by atoms with van der Waals surface area (Å²) in [6.07, 6.45) is 0. The number of carbonyl (C=O) groups excluding carboxylic acids is 1. The number of esters is 1. The van der Waals surface area contributed by atoms with Gasteiger partial charge in [0, 0.05) is 22.7 Å². The number of thiophene rings is 1. The smallest absolute Gasteiger partial charge is 0.341 e. The largest absolute Gasteiger partial charge is 0.462 e. The molecule has 0 bridgehead atoms. The van der Waals surface area contributed by atoms with Crippen molar-refractivity contribution >= 4 is 51.0 Å². The van der Waals surface area contributed by atoms with Gasteiger partial charge in [0.05, 0.1) is 17.1 Å². The molecular formula is C20H17N3O4S2. The molecule has 29 heavy (non-hydrogen) atoms. The van der Waals surface area contributed by atoms with Crippen molar-refractivity contribution in [2.45, 2.75) is 6.92 Å². The van der Waals surface area contributed by atoms with E-state index in [0.29, 0.717) is 16.3 Å². The first-order valence-corrected chi connectivity index (χ1v) is 9.89. The summed E-state index contributed by atoms with van der Waals surface area (Å²) < 4.78 is 5.15. The van der Waals surface area contributed by atoms with E-state index in [9.17, 15) is 14.9 Å². The number of anilines is 2. The van der Waals surface area contributed by atoms with E-state index in [1.54, 1.807) is 25.1 Å². The average molecular weight is 428 g/mol. The van der Waals surface area contributed by atoms with Crippen LogP contribution in [0.1, 0.15) is 17.3 Å². The highest BCUT2D eigenvalue weighted by Crippen LogP contribution is 2.36. The molecule has 0 aliphatic rings. The molecule has 1 heterocycles. The second-order valence-electron chi connectivity index (χ2n) is 5.82. The molecule has 0 saturated carbocycles. The van der Waals surface area contributed by atoms with Gasteiger partial charge < -0.3 is 15.4 Å². The molecule has 1 aromatic heterocycles. The Morgan fingerprint density at radius 3 is 2.45 bits per heavy atom. The minimum atomic E-state index is -0.470. The zero-order valence-electron chi connectivity index (χ0n) is 15.4. The molecule has 3 rings (SSSR count). The van der Waals surface area contributed by atoms with E-state index >= 15 is 0 Å². The van der Waals surface area contributed by atoms with Gasteiger partial charge in [-0.3, -0.25) is 10.1 Å². The number of benzene rings is 2. The van der Waals surface area contributed by atoms with Crippen LogP contribution in [-0.4, -0.2) is 22.6 Å². The SMILES string of the molecule is CCOC(=O)c1cc(-c2ccccc2)sc1NC(=S)Nc1ccc([N+](=O)[O-])cc1. The third-order valence-electron chi connectivity index (χ3n) is 3.85. The van der Waals surface area contributed by atoms with Crippen molar-refractivity contribution in [3.05, 3.63) is 76.3 Å². The average Bonchev–Trinajstić information content (AvgIpc) is 3.13. The summed E-state index contributed by atoms with van der Waals surface area (Å²) in [4.78, 5) is 23.6. The molecule has 0 aliphatic heterocycles. The monoisotopic (exact) mass is 427 g/mol. The highest BCUT2D eigenvalue weighted by atomic mass is 32.1. The van der Waals surface area contributed by atoms with Gasteiger partial charge in [0.2, 0.25) is 0 Å². The Bertz CT molecular complexity index is 1030. The molecule has 2 N–H and O–H groups in total. The first kappa shape index (κ1) is 20.4. The van der Waals surface area contributed by atoms with Crippen molar-refractivity contribution in [1.82, 2.24) is 0 Å². The van der Waals surface area contributed by atoms with Gasteiger partial charge in [0.15, 0.2) is 5.11 Å². The van der Waals surface area contributed by atoms with Crippen molar-refractivity contribution in [2.75, 3.05) is 17.2 Å². The number of non-ortho nitro benzene ring substituents is 1. The number of hydrogen-bond acceptors (Lipinski definition) is 6. The van der Waals surface area contributed by atoms with Crippen LogP contribution < -0.4 is 10.6 Å². The number of carbonyl (C=O) groups is 1. The zero-order chi connectivity index (χ0) is 20.8. The second kappa shape index (κ2) is 9.26. The fourth-order valence-electron chi connectivity index (χ4n) is 2.52. The van der Waals surface area contributed by atoms with Crippen LogP contribution in [0, 0.1) is 10.1 Å². The quantitative estimate of drug-likeness (QED) is 0.238. The van der Waals surface area contributed by atoms with Gasteiger partial charge in [-0.05, 0) is 42.9 Å². The van der Waals surface area contributed by atoms with Gasteiger partial charge in [-0.15, -0.1) is 11.3 Å². The van der Waals surface area contributed by atoms with Gasteiger partial charge in [-0.25, -0.2) is 4.79 Å². The minimum Gasteiger partial charge on any atom is -0.462 e. The van der Waals surface area contributed by atoms with E-state index in [0.717, 1.165) is 10.4 Å². The lowest BCUT2D eigenvalue weighted by Gasteiger charge is -2.10. The predicted molar refractivity (Wildman–Crippen MR) is 119 cm³/mol. The number of hydrogen-bond donors (Lipinski definition) is 2. The van der Waals surface area contributed by atoms with Gasteiger partial charge in [0.25, 0.3) is 5.69 Å². The van der Waals surface area contributed by atoms with Crippen LogP contribution in [0.3, 0.4) is 0 Å². The molecule has 0 saturated heterocycles. The Kier molecular flexibility index (Phi) is 6.53. The number of ether oxygens (including phenoxy) is 1. The number of nitro groups is 1. The van der Waals surface area contributed by atoms with Crippen LogP contribution in [0.4, 0.5) is 16.4 Å². The van der Waals surface area contributed by atoms with Gasteiger partial charge in [-0.1, -0.05) is 30.3 Å². The Morgan fingerprint density at radius 1 is 1.14 bits per heavy atom. The molecule has 2 aromatic carbocycles. The van der Waals surface area contributed by atoms with Crippen molar-refractivity contribution in [1.29, 1.82) is 0 Å². The van der Waals surface area contributed by atoms with Crippen LogP contribution >= 0.6 is 23.6 Å². The van der Waals surface area contributed by atoms with Crippen molar-refractivity contribution in [2.24, 2.45) is 0 Å². The van der Waals surface area contributed by atoms with E-state index in [1.165, 1.54) is 23.5 Å². The van der Waals surface area contributed by atoms with Crippen LogP contribution in [0.25, 0.3) is 10.4 Å². The maximum atomic E-state index is 12.4. The number of nitro benzene ring substituents is 1. The molecule has 0 radical (unpaired) electrons. The van der Waals surface area contributed by atoms with Gasteiger partial charge in [0.1, 0.15) is 5.00 Å². The van der Waals surface area contributed by atoms with Crippen molar-refractivity contribution < 1.29 is 14.5 Å². The fraction of sp³-hybridized carbons (Fsp3) is 0.100. The lowest BCUT2D eigenvalue weighted by Crippen LogP contribution is -2.20. The molecule has 9 heteroatoms. The third-order valence-corrected chi connectivity index (χ3v) is 5.15. The Balaban J connectivity index is 1.80. The maximum absolute atomic E-state index is 12.4. The maximum Gasteiger partial charge on any atom is 0.341 e.